The molecule has 3 rings (SSSR count). The van der Waals surface area contributed by atoms with Gasteiger partial charge in [-0.15, -0.1) is 0 Å². The minimum absolute atomic E-state index is 0.102. The lowest BCUT2D eigenvalue weighted by atomic mass is 10.1. The zero-order valence-corrected chi connectivity index (χ0v) is 13.8. The van der Waals surface area contributed by atoms with Gasteiger partial charge < -0.3 is 14.5 Å². The smallest absolute Gasteiger partial charge is 0.375 e. The molecule has 1 aliphatic carbocycles. The van der Waals surface area contributed by atoms with Gasteiger partial charge in [-0.3, -0.25) is 4.79 Å². The lowest BCUT2D eigenvalue weighted by molar-refractivity contribution is -0.125. The summed E-state index contributed by atoms with van der Waals surface area (Å²) in [5.74, 6) is -0.291. The molecule has 1 saturated carbocycles. The van der Waals surface area contributed by atoms with Gasteiger partial charge in [-0.1, -0.05) is 11.6 Å². The van der Waals surface area contributed by atoms with E-state index in [2.05, 4.69) is 5.32 Å². The number of nitrogens with one attached hydrogen (secondary N) is 1. The van der Waals surface area contributed by atoms with Crippen LogP contribution in [0.15, 0.2) is 22.6 Å². The lowest BCUT2D eigenvalue weighted by Crippen LogP contribution is -2.37. The third-order valence-corrected chi connectivity index (χ3v) is 4.37. The van der Waals surface area contributed by atoms with E-state index in [4.69, 9.17) is 20.8 Å². The molecule has 1 aromatic heterocycles. The molecule has 1 aliphatic rings. The summed E-state index contributed by atoms with van der Waals surface area (Å²) < 4.78 is 10.6. The second kappa shape index (κ2) is 6.24. The van der Waals surface area contributed by atoms with E-state index < -0.39 is 5.97 Å². The highest BCUT2D eigenvalue weighted by Crippen LogP contribution is 2.32. The molecular weight excluding hydrogens is 318 g/mol. The largest absolute Gasteiger partial charge is 0.450 e. The first-order chi connectivity index (χ1) is 11.0. The van der Waals surface area contributed by atoms with Gasteiger partial charge in [-0.2, -0.15) is 0 Å². The van der Waals surface area contributed by atoms with E-state index in [0.717, 1.165) is 18.2 Å². The van der Waals surface area contributed by atoms with Crippen molar-refractivity contribution in [1.82, 2.24) is 5.32 Å². The number of hydrogen-bond acceptors (Lipinski definition) is 4. The number of esters is 1. The fourth-order valence-electron chi connectivity index (χ4n) is 2.59. The van der Waals surface area contributed by atoms with Crippen LogP contribution in [0.4, 0.5) is 0 Å². The maximum atomic E-state index is 12.1. The summed E-state index contributed by atoms with van der Waals surface area (Å²) in [5, 5.41) is 4.16. The van der Waals surface area contributed by atoms with Crippen LogP contribution in [0.25, 0.3) is 11.0 Å². The van der Waals surface area contributed by atoms with Crippen LogP contribution in [0.3, 0.4) is 0 Å². The Morgan fingerprint density at radius 2 is 2.17 bits per heavy atom. The number of hydrogen-bond donors (Lipinski definition) is 1. The van der Waals surface area contributed by atoms with Crippen molar-refractivity contribution in [3.05, 3.63) is 34.5 Å². The predicted octanol–water partition coefficient (Wildman–Crippen LogP) is 3.47. The maximum Gasteiger partial charge on any atom is 0.375 e. The second-order valence-corrected chi connectivity index (χ2v) is 6.40. The van der Waals surface area contributed by atoms with Crippen molar-refractivity contribution in [2.24, 2.45) is 5.92 Å². The molecular formula is C17H18ClNO4. The summed E-state index contributed by atoms with van der Waals surface area (Å²) in [6.45, 7) is 3.41. The Hall–Kier alpha value is -2.01. The number of carbonyl (C=O) groups is 2. The summed E-state index contributed by atoms with van der Waals surface area (Å²) in [4.78, 5) is 23.9. The van der Waals surface area contributed by atoms with Crippen molar-refractivity contribution in [1.29, 1.82) is 0 Å². The van der Waals surface area contributed by atoms with Gasteiger partial charge in [0.25, 0.3) is 5.91 Å². The first-order valence-corrected chi connectivity index (χ1v) is 7.98. The van der Waals surface area contributed by atoms with Crippen molar-refractivity contribution in [2.75, 3.05) is 6.61 Å². The molecule has 1 atom stereocenters. The Morgan fingerprint density at radius 1 is 1.43 bits per heavy atom. The van der Waals surface area contributed by atoms with Gasteiger partial charge >= 0.3 is 5.97 Å². The van der Waals surface area contributed by atoms with Crippen LogP contribution in [0.1, 0.15) is 35.9 Å². The van der Waals surface area contributed by atoms with Crippen LogP contribution in [-0.2, 0) is 9.53 Å². The highest BCUT2D eigenvalue weighted by atomic mass is 35.5. The topological polar surface area (TPSA) is 68.5 Å². The fraction of sp³-hybridized carbons (Fsp3) is 0.412. The molecule has 23 heavy (non-hydrogen) atoms. The van der Waals surface area contributed by atoms with Crippen LogP contribution < -0.4 is 5.32 Å². The van der Waals surface area contributed by atoms with Gasteiger partial charge in [0, 0.05) is 22.0 Å². The van der Waals surface area contributed by atoms with E-state index in [9.17, 15) is 9.59 Å². The molecule has 0 spiro atoms. The van der Waals surface area contributed by atoms with Gasteiger partial charge in [0.1, 0.15) is 5.58 Å². The average Bonchev–Trinajstić information content (AvgIpc) is 3.31. The number of fused-ring (bicyclic) bond motifs is 1. The van der Waals surface area contributed by atoms with E-state index in [0.29, 0.717) is 22.1 Å². The minimum atomic E-state index is -0.649. The molecule has 1 heterocycles. The number of benzene rings is 1. The number of halogens is 1. The normalized spacial score (nSPS) is 15.4. The zero-order valence-electron chi connectivity index (χ0n) is 13.0. The number of carbonyl (C=O) groups excluding carboxylic acids is 2. The van der Waals surface area contributed by atoms with Crippen LogP contribution in [0.5, 0.6) is 0 Å². The Labute approximate surface area is 138 Å². The molecule has 2 aromatic rings. The van der Waals surface area contributed by atoms with Gasteiger partial charge in [-0.25, -0.2) is 4.79 Å². The van der Waals surface area contributed by atoms with E-state index in [-0.39, 0.29) is 24.3 Å². The third kappa shape index (κ3) is 3.50. The zero-order chi connectivity index (χ0) is 16.6. The van der Waals surface area contributed by atoms with Crippen molar-refractivity contribution < 1.29 is 18.7 Å². The Bertz CT molecular complexity index is 763. The molecule has 0 radical (unpaired) electrons. The minimum Gasteiger partial charge on any atom is -0.450 e. The number of furan rings is 1. The summed E-state index contributed by atoms with van der Waals surface area (Å²) in [6.07, 6.45) is 2.28. The summed E-state index contributed by atoms with van der Waals surface area (Å²) in [6, 6.07) is 5.24. The molecule has 5 nitrogen and oxygen atoms in total. The van der Waals surface area contributed by atoms with E-state index in [1.54, 1.807) is 25.1 Å². The lowest BCUT2D eigenvalue weighted by Gasteiger charge is -2.12. The van der Waals surface area contributed by atoms with Crippen LogP contribution >= 0.6 is 11.6 Å². The number of amides is 1. The second-order valence-electron chi connectivity index (χ2n) is 5.97. The van der Waals surface area contributed by atoms with Crippen molar-refractivity contribution in [2.45, 2.75) is 32.7 Å². The first-order valence-electron chi connectivity index (χ1n) is 7.61. The molecule has 0 bridgehead atoms. The summed E-state index contributed by atoms with van der Waals surface area (Å²) in [5.41, 5.74) is 1.21. The van der Waals surface area contributed by atoms with E-state index in [1.807, 2.05) is 6.92 Å². The third-order valence-electron chi connectivity index (χ3n) is 4.14. The van der Waals surface area contributed by atoms with Gasteiger partial charge in [0.15, 0.2) is 6.61 Å². The van der Waals surface area contributed by atoms with Crippen LogP contribution in [0, 0.1) is 12.8 Å². The van der Waals surface area contributed by atoms with Crippen molar-refractivity contribution >= 4 is 34.4 Å². The quantitative estimate of drug-likeness (QED) is 0.849. The molecule has 122 valence electrons. The predicted molar refractivity (Wildman–Crippen MR) is 86.6 cm³/mol. The molecule has 1 aromatic carbocycles. The van der Waals surface area contributed by atoms with Crippen molar-refractivity contribution in [3.63, 3.8) is 0 Å². The summed E-state index contributed by atoms with van der Waals surface area (Å²) in [7, 11) is 0. The average molecular weight is 336 g/mol. The SMILES string of the molecule is Cc1c(C(=O)OCC(=O)N[C@H](C)C2CC2)oc2ccc(Cl)cc12. The standard InChI is InChI=1S/C17H18ClNO4/c1-9-13-7-12(18)5-6-14(13)23-16(9)17(21)22-8-15(20)19-10(2)11-3-4-11/h5-7,10-11H,3-4,8H2,1-2H3,(H,19,20)/t10-/m1/s1. The number of ether oxygens (including phenoxy) is 1. The van der Waals surface area contributed by atoms with Crippen molar-refractivity contribution in [3.8, 4) is 0 Å². The van der Waals surface area contributed by atoms with E-state index in [1.165, 1.54) is 0 Å². The molecule has 0 unspecified atom stereocenters. The van der Waals surface area contributed by atoms with Gasteiger partial charge in [0.05, 0.1) is 0 Å². The fourth-order valence-corrected chi connectivity index (χ4v) is 2.77. The Balaban J connectivity index is 1.63. The number of aryl methyl sites for hydroxylation is 1. The monoisotopic (exact) mass is 335 g/mol. The van der Waals surface area contributed by atoms with Gasteiger partial charge in [0.2, 0.25) is 5.76 Å². The first kappa shape index (κ1) is 15.9. The molecule has 1 amide bonds. The highest BCUT2D eigenvalue weighted by molar-refractivity contribution is 6.31. The molecule has 0 saturated heterocycles. The Kier molecular flexibility index (Phi) is 4.31. The maximum absolute atomic E-state index is 12.1. The molecule has 1 N–H and O–H groups in total. The molecule has 1 fully saturated rings. The van der Waals surface area contributed by atoms with Crippen LogP contribution in [-0.4, -0.2) is 24.5 Å². The van der Waals surface area contributed by atoms with Crippen LogP contribution in [0.2, 0.25) is 5.02 Å². The van der Waals surface area contributed by atoms with Gasteiger partial charge in [-0.05, 0) is 50.8 Å². The summed E-state index contributed by atoms with van der Waals surface area (Å²) >= 11 is 5.95. The van der Waals surface area contributed by atoms with E-state index >= 15 is 0 Å². The molecule has 0 aliphatic heterocycles. The Morgan fingerprint density at radius 3 is 2.87 bits per heavy atom. The number of rotatable bonds is 5. The highest BCUT2D eigenvalue weighted by Gasteiger charge is 2.29. The molecule has 6 heteroatoms.